The number of rotatable bonds is 4. The number of piperazine rings is 1. The summed E-state index contributed by atoms with van der Waals surface area (Å²) in [6.07, 6.45) is 0. The van der Waals surface area contributed by atoms with Crippen molar-refractivity contribution in [1.82, 2.24) is 15.1 Å². The van der Waals surface area contributed by atoms with E-state index < -0.39 is 6.03 Å². The van der Waals surface area contributed by atoms with Crippen molar-refractivity contribution >= 4 is 6.03 Å². The first-order valence-corrected chi connectivity index (χ1v) is 5.20. The molecule has 0 aromatic carbocycles. The third-order valence-electron chi connectivity index (χ3n) is 2.64. The maximum Gasteiger partial charge on any atom is 0.312 e. The summed E-state index contributed by atoms with van der Waals surface area (Å²) in [7, 11) is 0. The second kappa shape index (κ2) is 5.82. The molecule has 1 saturated heterocycles. The van der Waals surface area contributed by atoms with Crippen molar-refractivity contribution in [3.05, 3.63) is 0 Å². The van der Waals surface area contributed by atoms with Gasteiger partial charge >= 0.3 is 6.03 Å². The highest BCUT2D eigenvalue weighted by molar-refractivity contribution is 5.71. The van der Waals surface area contributed by atoms with E-state index in [-0.39, 0.29) is 0 Å². The molecule has 14 heavy (non-hydrogen) atoms. The number of primary amides is 1. The second-order valence-electron chi connectivity index (χ2n) is 3.57. The van der Waals surface area contributed by atoms with Gasteiger partial charge in [0.05, 0.1) is 0 Å². The molecule has 0 unspecified atom stereocenters. The average Bonchev–Trinajstić information content (AvgIpc) is 2.18. The molecule has 1 heterocycles. The summed E-state index contributed by atoms with van der Waals surface area (Å²) in [5.41, 5.74) is 4.97. The number of urea groups is 1. The Bertz CT molecular complexity index is 178. The third-order valence-corrected chi connectivity index (χ3v) is 2.64. The van der Waals surface area contributed by atoms with Crippen molar-refractivity contribution in [3.63, 3.8) is 0 Å². The molecule has 0 aliphatic carbocycles. The quantitative estimate of drug-likeness (QED) is 0.630. The highest BCUT2D eigenvalue weighted by atomic mass is 16.2. The highest BCUT2D eigenvalue weighted by Gasteiger charge is 2.14. The minimum atomic E-state index is -0.433. The Hall–Kier alpha value is -0.810. The molecule has 0 atom stereocenters. The SMILES string of the molecule is CCN1CCN(CCNC(N)=O)CC1. The van der Waals surface area contributed by atoms with Crippen LogP contribution in [0.2, 0.25) is 0 Å². The Morgan fingerprint density at radius 2 is 1.86 bits per heavy atom. The summed E-state index contributed by atoms with van der Waals surface area (Å²) in [5, 5.41) is 2.60. The van der Waals surface area contributed by atoms with Gasteiger partial charge < -0.3 is 16.0 Å². The minimum absolute atomic E-state index is 0.433. The maximum atomic E-state index is 10.4. The lowest BCUT2D eigenvalue weighted by Crippen LogP contribution is -2.48. The molecular weight excluding hydrogens is 180 g/mol. The molecule has 5 nitrogen and oxygen atoms in total. The number of likely N-dealkylation sites (N-methyl/N-ethyl adjacent to an activating group) is 1. The van der Waals surface area contributed by atoms with Crippen LogP contribution < -0.4 is 11.1 Å². The number of nitrogens with two attached hydrogens (primary N) is 1. The summed E-state index contributed by atoms with van der Waals surface area (Å²) in [6, 6.07) is -0.433. The van der Waals surface area contributed by atoms with Crippen LogP contribution in [0, 0.1) is 0 Å². The predicted molar refractivity (Wildman–Crippen MR) is 56.1 cm³/mol. The van der Waals surface area contributed by atoms with Crippen LogP contribution in [-0.2, 0) is 0 Å². The summed E-state index contributed by atoms with van der Waals surface area (Å²) < 4.78 is 0. The van der Waals surface area contributed by atoms with Crippen LogP contribution in [0.15, 0.2) is 0 Å². The molecule has 82 valence electrons. The second-order valence-corrected chi connectivity index (χ2v) is 3.57. The van der Waals surface area contributed by atoms with Gasteiger partial charge in [0.15, 0.2) is 0 Å². The first kappa shape index (κ1) is 11.3. The molecule has 2 amide bonds. The maximum absolute atomic E-state index is 10.4. The first-order chi connectivity index (χ1) is 6.72. The molecule has 1 aliphatic heterocycles. The van der Waals surface area contributed by atoms with Crippen LogP contribution in [0.5, 0.6) is 0 Å². The molecule has 0 aromatic rings. The molecule has 0 aromatic heterocycles. The number of nitrogens with zero attached hydrogens (tertiary/aromatic N) is 2. The van der Waals surface area contributed by atoms with Crippen molar-refractivity contribution in [2.45, 2.75) is 6.92 Å². The van der Waals surface area contributed by atoms with Gasteiger partial charge in [-0.3, -0.25) is 4.90 Å². The fraction of sp³-hybridized carbons (Fsp3) is 0.889. The smallest absolute Gasteiger partial charge is 0.312 e. The van der Waals surface area contributed by atoms with Crippen LogP contribution >= 0.6 is 0 Å². The standard InChI is InChI=1S/C9H20N4O/c1-2-12-5-7-13(8-6-12)4-3-11-9(10)14/h2-8H2,1H3,(H3,10,11,14). The zero-order chi connectivity index (χ0) is 10.4. The van der Waals surface area contributed by atoms with Crippen molar-refractivity contribution < 1.29 is 4.79 Å². The summed E-state index contributed by atoms with van der Waals surface area (Å²) in [6.45, 7) is 9.32. The largest absolute Gasteiger partial charge is 0.352 e. The van der Waals surface area contributed by atoms with E-state index >= 15 is 0 Å². The van der Waals surface area contributed by atoms with E-state index in [1.54, 1.807) is 0 Å². The molecule has 0 saturated carbocycles. The van der Waals surface area contributed by atoms with E-state index in [9.17, 15) is 4.79 Å². The Balaban J connectivity index is 2.07. The van der Waals surface area contributed by atoms with Gasteiger partial charge in [-0.25, -0.2) is 4.79 Å². The molecule has 0 radical (unpaired) electrons. The molecule has 0 bridgehead atoms. The normalized spacial score (nSPS) is 19.5. The van der Waals surface area contributed by atoms with Crippen molar-refractivity contribution in [3.8, 4) is 0 Å². The third kappa shape index (κ3) is 3.93. The number of hydrogen-bond acceptors (Lipinski definition) is 3. The van der Waals surface area contributed by atoms with E-state index in [0.29, 0.717) is 6.54 Å². The van der Waals surface area contributed by atoms with Gasteiger partial charge in [0.2, 0.25) is 0 Å². The Morgan fingerprint density at radius 3 is 2.36 bits per heavy atom. The van der Waals surface area contributed by atoms with Crippen LogP contribution in [0.1, 0.15) is 6.92 Å². The van der Waals surface area contributed by atoms with Gasteiger partial charge in [-0.1, -0.05) is 6.92 Å². The van der Waals surface area contributed by atoms with E-state index in [1.807, 2.05) is 0 Å². The Labute approximate surface area is 85.2 Å². The molecule has 1 fully saturated rings. The van der Waals surface area contributed by atoms with Crippen molar-refractivity contribution in [2.24, 2.45) is 5.73 Å². The number of amides is 2. The topological polar surface area (TPSA) is 61.6 Å². The number of hydrogen-bond donors (Lipinski definition) is 2. The fourth-order valence-corrected chi connectivity index (χ4v) is 1.67. The molecule has 3 N–H and O–H groups in total. The average molecular weight is 200 g/mol. The van der Waals surface area contributed by atoms with Crippen LogP contribution in [0.4, 0.5) is 4.79 Å². The van der Waals surface area contributed by atoms with Gasteiger partial charge in [-0.05, 0) is 6.54 Å². The number of carbonyl (C=O) groups excluding carboxylic acids is 1. The van der Waals surface area contributed by atoms with Crippen LogP contribution in [0.3, 0.4) is 0 Å². The lowest BCUT2D eigenvalue weighted by atomic mass is 10.3. The molecule has 1 aliphatic rings. The highest BCUT2D eigenvalue weighted by Crippen LogP contribution is 1.99. The van der Waals surface area contributed by atoms with E-state index in [0.717, 1.165) is 39.3 Å². The molecular formula is C9H20N4O. The summed E-state index contributed by atoms with van der Waals surface area (Å²) in [4.78, 5) is 15.2. The summed E-state index contributed by atoms with van der Waals surface area (Å²) in [5.74, 6) is 0. The lowest BCUT2D eigenvalue weighted by Gasteiger charge is -2.33. The monoisotopic (exact) mass is 200 g/mol. The molecule has 1 rings (SSSR count). The predicted octanol–water partition coefficient (Wildman–Crippen LogP) is -0.708. The van der Waals surface area contributed by atoms with Crippen LogP contribution in [0.25, 0.3) is 0 Å². The summed E-state index contributed by atoms with van der Waals surface area (Å²) >= 11 is 0. The number of carbonyl (C=O) groups is 1. The Kier molecular flexibility index (Phi) is 4.69. The van der Waals surface area contributed by atoms with Gasteiger partial charge in [-0.2, -0.15) is 0 Å². The lowest BCUT2D eigenvalue weighted by molar-refractivity contribution is 0.138. The minimum Gasteiger partial charge on any atom is -0.352 e. The van der Waals surface area contributed by atoms with Gasteiger partial charge in [0.25, 0.3) is 0 Å². The molecule has 0 spiro atoms. The van der Waals surface area contributed by atoms with Gasteiger partial charge in [0.1, 0.15) is 0 Å². The fourth-order valence-electron chi connectivity index (χ4n) is 1.67. The van der Waals surface area contributed by atoms with Crippen molar-refractivity contribution in [1.29, 1.82) is 0 Å². The van der Waals surface area contributed by atoms with Crippen LogP contribution in [-0.4, -0.2) is 61.6 Å². The van der Waals surface area contributed by atoms with E-state index in [1.165, 1.54) is 0 Å². The Morgan fingerprint density at radius 1 is 1.29 bits per heavy atom. The van der Waals surface area contributed by atoms with E-state index in [2.05, 4.69) is 22.0 Å². The zero-order valence-corrected chi connectivity index (χ0v) is 8.83. The van der Waals surface area contributed by atoms with Gasteiger partial charge in [-0.15, -0.1) is 0 Å². The van der Waals surface area contributed by atoms with Gasteiger partial charge in [0, 0.05) is 39.3 Å². The zero-order valence-electron chi connectivity index (χ0n) is 8.83. The van der Waals surface area contributed by atoms with E-state index in [4.69, 9.17) is 5.73 Å². The number of nitrogens with one attached hydrogen (secondary N) is 1. The van der Waals surface area contributed by atoms with Crippen molar-refractivity contribution in [2.75, 3.05) is 45.8 Å². The first-order valence-electron chi connectivity index (χ1n) is 5.20. The molecule has 5 heteroatoms.